The van der Waals surface area contributed by atoms with E-state index in [1.54, 1.807) is 13.3 Å². The summed E-state index contributed by atoms with van der Waals surface area (Å²) in [5.74, 6) is 1.59. The highest BCUT2D eigenvalue weighted by Crippen LogP contribution is 2.31. The molecule has 0 fully saturated rings. The Labute approximate surface area is 180 Å². The number of nitrogens with zero attached hydrogens (tertiary/aromatic N) is 4. The Balaban J connectivity index is 1.54. The number of nitrogens with one attached hydrogen (secondary N) is 1. The third-order valence-electron chi connectivity index (χ3n) is 5.82. The summed E-state index contributed by atoms with van der Waals surface area (Å²) in [6, 6.07) is 9.84. The molecule has 0 spiro atoms. The summed E-state index contributed by atoms with van der Waals surface area (Å²) in [6.45, 7) is 4.23. The van der Waals surface area contributed by atoms with E-state index in [4.69, 9.17) is 9.72 Å². The topological polar surface area (TPSA) is 64.3 Å². The Kier molecular flexibility index (Phi) is 4.81. The molecule has 6 nitrogen and oxygen atoms in total. The van der Waals surface area contributed by atoms with Crippen molar-refractivity contribution in [2.45, 2.75) is 38.6 Å². The fourth-order valence-electron chi connectivity index (χ4n) is 4.22. The maximum atomic E-state index is 13.8. The Bertz CT molecular complexity index is 1270. The zero-order valence-electron chi connectivity index (χ0n) is 17.8. The number of anilines is 1. The maximum Gasteiger partial charge on any atom is 0.161 e. The molecule has 1 aliphatic rings. The summed E-state index contributed by atoms with van der Waals surface area (Å²) in [7, 11) is 1.69. The lowest BCUT2D eigenvalue weighted by molar-refractivity contribution is 0.414. The molecular formula is C24H24FN5O. The number of pyridine rings is 1. The van der Waals surface area contributed by atoms with Gasteiger partial charge in [0.05, 0.1) is 25.2 Å². The van der Waals surface area contributed by atoms with Gasteiger partial charge in [0.1, 0.15) is 17.4 Å². The first-order valence-corrected chi connectivity index (χ1v) is 10.4. The van der Waals surface area contributed by atoms with Crippen LogP contribution < -0.4 is 10.1 Å². The number of hydrogen-bond acceptors (Lipinski definition) is 5. The molecule has 158 valence electrons. The van der Waals surface area contributed by atoms with Crippen molar-refractivity contribution in [3.63, 3.8) is 0 Å². The average molecular weight is 417 g/mol. The third kappa shape index (κ3) is 3.60. The van der Waals surface area contributed by atoms with Crippen molar-refractivity contribution in [3.8, 4) is 17.0 Å². The van der Waals surface area contributed by atoms with Crippen LogP contribution in [0.2, 0.25) is 0 Å². The van der Waals surface area contributed by atoms with Gasteiger partial charge in [0.15, 0.2) is 5.65 Å². The zero-order valence-corrected chi connectivity index (χ0v) is 17.8. The molecule has 1 aliphatic carbocycles. The van der Waals surface area contributed by atoms with Gasteiger partial charge in [0.25, 0.3) is 0 Å². The summed E-state index contributed by atoms with van der Waals surface area (Å²) in [6.07, 6.45) is 6.50. The second-order valence-corrected chi connectivity index (χ2v) is 8.29. The van der Waals surface area contributed by atoms with Crippen molar-refractivity contribution >= 4 is 11.5 Å². The smallest absolute Gasteiger partial charge is 0.161 e. The molecule has 0 saturated carbocycles. The number of methoxy groups -OCH3 is 1. The van der Waals surface area contributed by atoms with Gasteiger partial charge in [-0.25, -0.2) is 9.37 Å². The molecule has 0 saturated heterocycles. The second-order valence-electron chi connectivity index (χ2n) is 8.29. The minimum Gasteiger partial charge on any atom is -0.497 e. The second kappa shape index (κ2) is 7.65. The van der Waals surface area contributed by atoms with Gasteiger partial charge >= 0.3 is 0 Å². The van der Waals surface area contributed by atoms with E-state index in [-0.39, 0.29) is 17.8 Å². The summed E-state index contributed by atoms with van der Waals surface area (Å²) in [4.78, 5) is 8.79. The zero-order chi connectivity index (χ0) is 21.5. The third-order valence-corrected chi connectivity index (χ3v) is 5.82. The van der Waals surface area contributed by atoms with E-state index in [1.807, 2.05) is 22.8 Å². The van der Waals surface area contributed by atoms with Gasteiger partial charge in [-0.05, 0) is 48.1 Å². The predicted octanol–water partition coefficient (Wildman–Crippen LogP) is 4.64. The molecule has 31 heavy (non-hydrogen) atoms. The van der Waals surface area contributed by atoms with Crippen molar-refractivity contribution < 1.29 is 9.13 Å². The molecule has 4 aromatic rings. The molecule has 0 aliphatic heterocycles. The van der Waals surface area contributed by atoms with Crippen molar-refractivity contribution in [2.75, 3.05) is 12.4 Å². The first kappa shape index (κ1) is 19.5. The Morgan fingerprint density at radius 1 is 1.10 bits per heavy atom. The van der Waals surface area contributed by atoms with E-state index in [9.17, 15) is 4.39 Å². The van der Waals surface area contributed by atoms with E-state index in [1.165, 1.54) is 23.4 Å². The molecular weight excluding hydrogens is 393 g/mol. The number of ether oxygens (including phenoxy) is 1. The van der Waals surface area contributed by atoms with Gasteiger partial charge in [-0.2, -0.15) is 9.61 Å². The number of halogens is 1. The first-order valence-electron chi connectivity index (χ1n) is 10.4. The number of aromatic nitrogens is 4. The fourth-order valence-corrected chi connectivity index (χ4v) is 4.22. The van der Waals surface area contributed by atoms with Gasteiger partial charge in [-0.15, -0.1) is 0 Å². The number of fused-ring (bicyclic) bond motifs is 2. The standard InChI is InChI=1S/C24H24FN5O/c1-14(2)21-13-27-30-23(10-22(29-24(21)30)17-6-18(25)12-26-11-17)28-19-7-15-4-5-20(31-3)9-16(15)8-19/h4-6,9-14,19,28H,7-8H2,1-3H3/t19-/m0/s1. The number of benzene rings is 1. The van der Waals surface area contributed by atoms with Crippen molar-refractivity contribution in [1.29, 1.82) is 0 Å². The molecule has 0 unspecified atom stereocenters. The lowest BCUT2D eigenvalue weighted by Gasteiger charge is -2.16. The molecule has 3 aromatic heterocycles. The van der Waals surface area contributed by atoms with Gasteiger partial charge in [0, 0.05) is 29.4 Å². The Morgan fingerprint density at radius 3 is 2.71 bits per heavy atom. The summed E-state index contributed by atoms with van der Waals surface area (Å²) < 4.78 is 21.0. The molecule has 7 heteroatoms. The highest BCUT2D eigenvalue weighted by molar-refractivity contribution is 5.68. The fraction of sp³-hybridized carbons (Fsp3) is 0.292. The molecule has 3 heterocycles. The van der Waals surface area contributed by atoms with Gasteiger partial charge < -0.3 is 10.1 Å². The Hall–Kier alpha value is -3.48. The van der Waals surface area contributed by atoms with Crippen LogP contribution in [0.5, 0.6) is 5.75 Å². The molecule has 1 N–H and O–H groups in total. The lowest BCUT2D eigenvalue weighted by atomic mass is 10.1. The van der Waals surface area contributed by atoms with E-state index in [0.29, 0.717) is 11.3 Å². The maximum absolute atomic E-state index is 13.8. The molecule has 0 radical (unpaired) electrons. The van der Waals surface area contributed by atoms with Crippen LogP contribution in [0.15, 0.2) is 48.9 Å². The summed E-state index contributed by atoms with van der Waals surface area (Å²) >= 11 is 0. The predicted molar refractivity (Wildman–Crippen MR) is 118 cm³/mol. The van der Waals surface area contributed by atoms with Gasteiger partial charge in [-0.3, -0.25) is 4.98 Å². The van der Waals surface area contributed by atoms with Gasteiger partial charge in [-0.1, -0.05) is 19.9 Å². The molecule has 0 bridgehead atoms. The van der Waals surface area contributed by atoms with Crippen LogP contribution >= 0.6 is 0 Å². The van der Waals surface area contributed by atoms with Crippen molar-refractivity contribution in [2.24, 2.45) is 0 Å². The minimum atomic E-state index is -0.383. The average Bonchev–Trinajstić information content (AvgIpc) is 3.36. The highest BCUT2D eigenvalue weighted by Gasteiger charge is 2.24. The van der Waals surface area contributed by atoms with E-state index in [2.05, 4.69) is 41.4 Å². The number of rotatable bonds is 5. The highest BCUT2D eigenvalue weighted by atomic mass is 19.1. The SMILES string of the molecule is COc1ccc2c(c1)C[C@@H](Nc1cc(-c3cncc(F)c3)nc3c(C(C)C)cnn13)C2. The van der Waals surface area contributed by atoms with Crippen molar-refractivity contribution in [3.05, 3.63) is 71.4 Å². The molecule has 0 amide bonds. The monoisotopic (exact) mass is 417 g/mol. The lowest BCUT2D eigenvalue weighted by Crippen LogP contribution is -2.21. The van der Waals surface area contributed by atoms with Crippen LogP contribution in [-0.2, 0) is 12.8 Å². The minimum absolute atomic E-state index is 0.220. The Morgan fingerprint density at radius 2 is 1.94 bits per heavy atom. The number of hydrogen-bond donors (Lipinski definition) is 1. The first-order chi connectivity index (χ1) is 15.0. The van der Waals surface area contributed by atoms with Crippen LogP contribution in [0, 0.1) is 5.82 Å². The van der Waals surface area contributed by atoms with Crippen LogP contribution in [0.25, 0.3) is 16.9 Å². The van der Waals surface area contributed by atoms with Crippen LogP contribution in [0.1, 0.15) is 36.5 Å². The summed E-state index contributed by atoms with van der Waals surface area (Å²) in [5, 5.41) is 8.24. The van der Waals surface area contributed by atoms with Crippen molar-refractivity contribution in [1.82, 2.24) is 19.6 Å². The van der Waals surface area contributed by atoms with Crippen LogP contribution in [0.4, 0.5) is 10.2 Å². The van der Waals surface area contributed by atoms with E-state index in [0.717, 1.165) is 35.6 Å². The van der Waals surface area contributed by atoms with Crippen LogP contribution in [-0.4, -0.2) is 32.7 Å². The quantitative estimate of drug-likeness (QED) is 0.512. The van der Waals surface area contributed by atoms with E-state index >= 15 is 0 Å². The normalized spacial score (nSPS) is 15.5. The molecule has 1 aromatic carbocycles. The van der Waals surface area contributed by atoms with E-state index < -0.39 is 0 Å². The summed E-state index contributed by atoms with van der Waals surface area (Å²) in [5.41, 5.74) is 5.74. The largest absolute Gasteiger partial charge is 0.497 e. The molecule has 1 atom stereocenters. The van der Waals surface area contributed by atoms with Gasteiger partial charge in [0.2, 0.25) is 0 Å². The molecule has 5 rings (SSSR count). The van der Waals surface area contributed by atoms with Crippen LogP contribution in [0.3, 0.4) is 0 Å².